The molecule has 0 fully saturated rings. The van der Waals surface area contributed by atoms with Crippen LogP contribution in [0.15, 0.2) is 0 Å². The molecule has 1 atom stereocenters. The second-order valence-corrected chi connectivity index (χ2v) is 4.49. The summed E-state index contributed by atoms with van der Waals surface area (Å²) in [7, 11) is 1.68. The van der Waals surface area contributed by atoms with Gasteiger partial charge in [0.05, 0.1) is 12.2 Å². The van der Waals surface area contributed by atoms with Crippen molar-refractivity contribution in [2.45, 2.75) is 45.3 Å². The highest BCUT2D eigenvalue weighted by Crippen LogP contribution is 2.14. The van der Waals surface area contributed by atoms with E-state index in [2.05, 4.69) is 5.32 Å². The van der Waals surface area contributed by atoms with Gasteiger partial charge in [0, 0.05) is 19.7 Å². The van der Waals surface area contributed by atoms with Gasteiger partial charge in [-0.15, -0.1) is 0 Å². The molecule has 98 valence electrons. The summed E-state index contributed by atoms with van der Waals surface area (Å²) in [5.41, 5.74) is -0.170. The molecule has 0 rings (SSSR count). The summed E-state index contributed by atoms with van der Waals surface area (Å²) in [6.45, 7) is 6.46. The average Bonchev–Trinajstić information content (AvgIpc) is 2.16. The van der Waals surface area contributed by atoms with Gasteiger partial charge in [0.25, 0.3) is 6.43 Å². The molecule has 0 aliphatic heterocycles. The van der Waals surface area contributed by atoms with Gasteiger partial charge >= 0.3 is 0 Å². The summed E-state index contributed by atoms with van der Waals surface area (Å²) in [6, 6.07) is 0.269. The maximum atomic E-state index is 11.7. The lowest BCUT2D eigenvalue weighted by atomic mass is 10.00. The highest BCUT2D eigenvalue weighted by atomic mass is 19.3. The normalized spacial score (nSPS) is 14.4. The molecule has 5 heteroatoms. The maximum Gasteiger partial charge on any atom is 0.261 e. The van der Waals surface area contributed by atoms with Crippen molar-refractivity contribution in [2.24, 2.45) is 0 Å². The van der Waals surface area contributed by atoms with Crippen LogP contribution < -0.4 is 5.32 Å². The number of halogens is 2. The van der Waals surface area contributed by atoms with E-state index in [0.29, 0.717) is 13.2 Å². The quantitative estimate of drug-likeness (QED) is 0.625. The number of hydrogen-bond donors (Lipinski definition) is 1. The zero-order chi connectivity index (χ0) is 12.6. The summed E-state index contributed by atoms with van der Waals surface area (Å²) in [4.78, 5) is 0. The lowest BCUT2D eigenvalue weighted by molar-refractivity contribution is 0.00473. The van der Waals surface area contributed by atoms with Crippen molar-refractivity contribution in [1.29, 1.82) is 0 Å². The van der Waals surface area contributed by atoms with Crippen molar-refractivity contribution in [3.05, 3.63) is 0 Å². The van der Waals surface area contributed by atoms with Crippen LogP contribution in [0.25, 0.3) is 0 Å². The highest BCUT2D eigenvalue weighted by Gasteiger charge is 2.19. The third-order valence-corrected chi connectivity index (χ3v) is 2.33. The van der Waals surface area contributed by atoms with Crippen molar-refractivity contribution in [3.63, 3.8) is 0 Å². The molecule has 0 bridgehead atoms. The van der Waals surface area contributed by atoms with Crippen LogP contribution >= 0.6 is 0 Å². The van der Waals surface area contributed by atoms with E-state index in [0.717, 1.165) is 6.42 Å². The summed E-state index contributed by atoms with van der Waals surface area (Å²) in [6.07, 6.45) is -1.52. The molecule has 0 saturated heterocycles. The number of methoxy groups -OCH3 is 1. The van der Waals surface area contributed by atoms with E-state index in [1.165, 1.54) is 0 Å². The summed E-state index contributed by atoms with van der Waals surface area (Å²) < 4.78 is 33.5. The molecular formula is C11H23F2NO2. The van der Waals surface area contributed by atoms with Crippen LogP contribution in [0.5, 0.6) is 0 Å². The van der Waals surface area contributed by atoms with Crippen molar-refractivity contribution in [3.8, 4) is 0 Å². The first-order valence-corrected chi connectivity index (χ1v) is 5.52. The Bertz CT molecular complexity index is 177. The van der Waals surface area contributed by atoms with E-state index in [1.807, 2.05) is 20.8 Å². The number of nitrogens with one attached hydrogen (secondary N) is 1. The van der Waals surface area contributed by atoms with Crippen molar-refractivity contribution in [1.82, 2.24) is 5.32 Å². The minimum Gasteiger partial charge on any atom is -0.379 e. The monoisotopic (exact) mass is 239 g/mol. The predicted octanol–water partition coefficient (Wildman–Crippen LogP) is 2.06. The van der Waals surface area contributed by atoms with Crippen molar-refractivity contribution < 1.29 is 18.3 Å². The Labute approximate surface area is 96.5 Å². The Kier molecular flexibility index (Phi) is 7.80. The van der Waals surface area contributed by atoms with E-state index in [1.54, 1.807) is 7.11 Å². The van der Waals surface area contributed by atoms with Crippen LogP contribution in [-0.4, -0.2) is 44.9 Å². The minimum atomic E-state index is -2.38. The Hall–Kier alpha value is -0.260. The van der Waals surface area contributed by atoms with E-state index < -0.39 is 13.0 Å². The fraction of sp³-hybridized carbons (Fsp3) is 1.00. The molecule has 3 nitrogen and oxygen atoms in total. The van der Waals surface area contributed by atoms with Crippen LogP contribution in [0.1, 0.15) is 27.2 Å². The smallest absolute Gasteiger partial charge is 0.261 e. The van der Waals surface area contributed by atoms with Crippen LogP contribution in [0.2, 0.25) is 0 Å². The Morgan fingerprint density at radius 3 is 2.44 bits per heavy atom. The molecule has 0 aromatic rings. The molecular weight excluding hydrogens is 216 g/mol. The van der Waals surface area contributed by atoms with E-state index in [4.69, 9.17) is 9.47 Å². The predicted molar refractivity (Wildman–Crippen MR) is 60.0 cm³/mol. The van der Waals surface area contributed by atoms with E-state index in [9.17, 15) is 8.78 Å². The van der Waals surface area contributed by atoms with E-state index in [-0.39, 0.29) is 11.6 Å². The molecule has 16 heavy (non-hydrogen) atoms. The molecule has 0 aliphatic carbocycles. The van der Waals surface area contributed by atoms with E-state index >= 15 is 0 Å². The molecule has 0 spiro atoms. The van der Waals surface area contributed by atoms with Gasteiger partial charge in [0.15, 0.2) is 0 Å². The largest absolute Gasteiger partial charge is 0.379 e. The first kappa shape index (κ1) is 15.7. The maximum absolute atomic E-state index is 11.7. The third-order valence-electron chi connectivity index (χ3n) is 2.33. The standard InChI is InChI=1S/C11H23F2NO2/c1-9(7-11(2,3)15-4)14-5-6-16-8-10(12)13/h9-10,14H,5-8H2,1-4H3. The average molecular weight is 239 g/mol. The van der Waals surface area contributed by atoms with Crippen LogP contribution in [-0.2, 0) is 9.47 Å². The Morgan fingerprint density at radius 1 is 1.31 bits per heavy atom. The van der Waals surface area contributed by atoms with Gasteiger partial charge in [-0.05, 0) is 27.2 Å². The first-order valence-electron chi connectivity index (χ1n) is 5.52. The molecule has 0 aromatic carbocycles. The second-order valence-electron chi connectivity index (χ2n) is 4.49. The molecule has 1 N–H and O–H groups in total. The van der Waals surface area contributed by atoms with Gasteiger partial charge in [0.2, 0.25) is 0 Å². The van der Waals surface area contributed by atoms with Crippen LogP contribution in [0, 0.1) is 0 Å². The Balaban J connectivity index is 3.47. The number of rotatable bonds is 9. The number of ether oxygens (including phenoxy) is 2. The molecule has 0 amide bonds. The van der Waals surface area contributed by atoms with Gasteiger partial charge in [-0.3, -0.25) is 0 Å². The van der Waals surface area contributed by atoms with Gasteiger partial charge < -0.3 is 14.8 Å². The number of alkyl halides is 2. The SMILES string of the molecule is COC(C)(C)CC(C)NCCOCC(F)F. The summed E-state index contributed by atoms with van der Waals surface area (Å²) in [5, 5.41) is 3.20. The first-order chi connectivity index (χ1) is 7.37. The summed E-state index contributed by atoms with van der Waals surface area (Å²) in [5.74, 6) is 0. The lowest BCUT2D eigenvalue weighted by Crippen LogP contribution is -2.37. The minimum absolute atomic E-state index is 0.170. The third kappa shape index (κ3) is 9.00. The molecule has 0 radical (unpaired) electrons. The summed E-state index contributed by atoms with van der Waals surface area (Å²) >= 11 is 0. The van der Waals surface area contributed by atoms with Gasteiger partial charge in [-0.25, -0.2) is 8.78 Å². The Morgan fingerprint density at radius 2 is 1.94 bits per heavy atom. The molecule has 0 aliphatic rings. The lowest BCUT2D eigenvalue weighted by Gasteiger charge is -2.27. The molecule has 0 saturated carbocycles. The van der Waals surface area contributed by atoms with Crippen LogP contribution in [0.4, 0.5) is 8.78 Å². The van der Waals surface area contributed by atoms with Crippen molar-refractivity contribution >= 4 is 0 Å². The fourth-order valence-corrected chi connectivity index (χ4v) is 1.44. The van der Waals surface area contributed by atoms with Crippen molar-refractivity contribution in [2.75, 3.05) is 26.9 Å². The highest BCUT2D eigenvalue weighted by molar-refractivity contribution is 4.75. The topological polar surface area (TPSA) is 30.5 Å². The number of hydrogen-bond acceptors (Lipinski definition) is 3. The van der Waals surface area contributed by atoms with Gasteiger partial charge in [0.1, 0.15) is 6.61 Å². The zero-order valence-corrected chi connectivity index (χ0v) is 10.6. The second kappa shape index (κ2) is 7.92. The van der Waals surface area contributed by atoms with Crippen LogP contribution in [0.3, 0.4) is 0 Å². The van der Waals surface area contributed by atoms with Gasteiger partial charge in [-0.1, -0.05) is 0 Å². The molecule has 0 heterocycles. The zero-order valence-electron chi connectivity index (χ0n) is 10.6. The molecule has 0 aromatic heterocycles. The fourth-order valence-electron chi connectivity index (χ4n) is 1.44. The van der Waals surface area contributed by atoms with Gasteiger partial charge in [-0.2, -0.15) is 0 Å². The molecule has 1 unspecified atom stereocenters.